The van der Waals surface area contributed by atoms with Crippen LogP contribution in [-0.4, -0.2) is 26.6 Å². The van der Waals surface area contributed by atoms with Crippen molar-refractivity contribution in [3.05, 3.63) is 51.3 Å². The summed E-state index contributed by atoms with van der Waals surface area (Å²) in [4.78, 5) is 12.4. The van der Waals surface area contributed by atoms with Crippen molar-refractivity contribution in [1.29, 1.82) is 0 Å². The molecule has 142 valence electrons. The molecule has 0 aliphatic heterocycles. The van der Waals surface area contributed by atoms with Crippen molar-refractivity contribution in [3.8, 4) is 5.75 Å². The fourth-order valence-corrected chi connectivity index (χ4v) is 4.63. The number of carbonyl (C=O) groups excluding carboxylic acids is 1. The van der Waals surface area contributed by atoms with Crippen LogP contribution in [0.3, 0.4) is 0 Å². The minimum absolute atomic E-state index is 0.0191. The van der Waals surface area contributed by atoms with Gasteiger partial charge in [0.15, 0.2) is 0 Å². The third kappa shape index (κ3) is 4.07. The van der Waals surface area contributed by atoms with Crippen molar-refractivity contribution in [2.45, 2.75) is 11.8 Å². The molecule has 0 bridgehead atoms. The number of hydrogen-bond donors (Lipinski definition) is 2. The average molecular weight is 428 g/mol. The number of hydrogen-bond acceptors (Lipinski definition) is 7. The van der Waals surface area contributed by atoms with Crippen molar-refractivity contribution in [2.24, 2.45) is 0 Å². The van der Waals surface area contributed by atoms with E-state index in [-0.39, 0.29) is 20.7 Å². The fraction of sp³-hybridized carbons (Fsp3) is 0.125. The van der Waals surface area contributed by atoms with E-state index in [4.69, 9.17) is 20.9 Å². The van der Waals surface area contributed by atoms with E-state index in [0.29, 0.717) is 17.1 Å². The summed E-state index contributed by atoms with van der Waals surface area (Å²) < 4.78 is 37.4. The van der Waals surface area contributed by atoms with Crippen LogP contribution in [0.2, 0.25) is 5.02 Å². The number of carbonyl (C=O) groups is 1. The zero-order valence-electron chi connectivity index (χ0n) is 14.1. The van der Waals surface area contributed by atoms with Gasteiger partial charge < -0.3 is 14.6 Å². The van der Waals surface area contributed by atoms with Gasteiger partial charge in [0.1, 0.15) is 26.2 Å². The predicted molar refractivity (Wildman–Crippen MR) is 102 cm³/mol. The van der Waals surface area contributed by atoms with E-state index in [1.807, 2.05) is 0 Å². The molecule has 0 saturated carbocycles. The predicted octanol–water partition coefficient (Wildman–Crippen LogP) is 3.76. The highest BCUT2D eigenvalue weighted by Crippen LogP contribution is 2.30. The summed E-state index contributed by atoms with van der Waals surface area (Å²) >= 11 is 6.94. The quantitative estimate of drug-likeness (QED) is 0.619. The molecule has 0 aliphatic carbocycles. The number of halogens is 1. The molecule has 27 heavy (non-hydrogen) atoms. The highest BCUT2D eigenvalue weighted by Gasteiger charge is 2.27. The van der Waals surface area contributed by atoms with Crippen LogP contribution >= 0.6 is 22.9 Å². The number of sulfonamides is 1. The molecule has 0 saturated heterocycles. The molecule has 2 N–H and O–H groups in total. The number of thiophene rings is 1. The Morgan fingerprint density at radius 3 is 2.56 bits per heavy atom. The van der Waals surface area contributed by atoms with Gasteiger partial charge in [-0.15, -0.1) is 11.3 Å². The summed E-state index contributed by atoms with van der Waals surface area (Å²) in [6.07, 6.45) is 0. The number of nitrogens with one attached hydrogen (secondary N) is 2. The van der Waals surface area contributed by atoms with Gasteiger partial charge in [0.2, 0.25) is 0 Å². The van der Waals surface area contributed by atoms with Crippen LogP contribution in [0.5, 0.6) is 5.75 Å². The second-order valence-electron chi connectivity index (χ2n) is 5.31. The van der Waals surface area contributed by atoms with E-state index in [9.17, 15) is 13.2 Å². The maximum atomic E-state index is 12.6. The molecule has 2 aromatic heterocycles. The largest absolute Gasteiger partial charge is 0.497 e. The third-order valence-electron chi connectivity index (χ3n) is 3.49. The van der Waals surface area contributed by atoms with Gasteiger partial charge in [-0.3, -0.25) is 4.79 Å². The van der Waals surface area contributed by atoms with Crippen molar-refractivity contribution in [1.82, 2.24) is 5.16 Å². The third-order valence-corrected chi connectivity index (χ3v) is 6.35. The maximum absolute atomic E-state index is 12.6. The second-order valence-corrected chi connectivity index (χ2v) is 8.26. The van der Waals surface area contributed by atoms with Crippen LogP contribution < -0.4 is 14.8 Å². The van der Waals surface area contributed by atoms with Gasteiger partial charge >= 0.3 is 0 Å². The van der Waals surface area contributed by atoms with E-state index < -0.39 is 15.9 Å². The Morgan fingerprint density at radius 1 is 1.26 bits per heavy atom. The van der Waals surface area contributed by atoms with E-state index in [0.717, 1.165) is 11.3 Å². The monoisotopic (exact) mass is 427 g/mol. The first-order valence-corrected chi connectivity index (χ1v) is 10.2. The summed E-state index contributed by atoms with van der Waals surface area (Å²) in [7, 11) is -2.56. The minimum atomic E-state index is -4.10. The molecule has 3 aromatic rings. The summed E-state index contributed by atoms with van der Waals surface area (Å²) in [5.41, 5.74) is 0.844. The van der Waals surface area contributed by atoms with Gasteiger partial charge in [-0.05, 0) is 42.6 Å². The maximum Gasteiger partial charge on any atom is 0.267 e. The van der Waals surface area contributed by atoms with Gasteiger partial charge in [-0.25, -0.2) is 13.1 Å². The molecule has 0 spiro atoms. The highest BCUT2D eigenvalue weighted by atomic mass is 35.5. The topological polar surface area (TPSA) is 111 Å². The van der Waals surface area contributed by atoms with Crippen LogP contribution in [0.4, 0.5) is 11.6 Å². The first-order valence-electron chi connectivity index (χ1n) is 7.49. The molecule has 3 rings (SSSR count). The molecule has 0 radical (unpaired) electrons. The summed E-state index contributed by atoms with van der Waals surface area (Å²) in [5, 5.41) is 7.80. The number of aryl methyl sites for hydroxylation is 1. The minimum Gasteiger partial charge on any atom is -0.497 e. The van der Waals surface area contributed by atoms with Gasteiger partial charge in [0.25, 0.3) is 21.8 Å². The van der Waals surface area contributed by atoms with Gasteiger partial charge in [-0.2, -0.15) is 0 Å². The molecular formula is C16H14ClN3O5S2. The standard InChI is InChI=1S/C16H14ClN3O5S2/c1-9-13(17)16(25-19-9)20-27(22,23)12-7-8-26-14(12)15(21)18-10-3-5-11(24-2)6-4-10/h3-8,20H,1-2H3,(H,18,21). The van der Waals surface area contributed by atoms with Crippen molar-refractivity contribution in [3.63, 3.8) is 0 Å². The number of amides is 1. The molecule has 0 fully saturated rings. The zero-order chi connectivity index (χ0) is 19.6. The molecular weight excluding hydrogens is 414 g/mol. The highest BCUT2D eigenvalue weighted by molar-refractivity contribution is 7.93. The van der Waals surface area contributed by atoms with Crippen molar-refractivity contribution in [2.75, 3.05) is 17.1 Å². The van der Waals surface area contributed by atoms with Crippen molar-refractivity contribution < 1.29 is 22.5 Å². The number of nitrogens with zero attached hydrogens (tertiary/aromatic N) is 1. The van der Waals surface area contributed by atoms with Crippen LogP contribution in [-0.2, 0) is 10.0 Å². The Morgan fingerprint density at radius 2 is 1.96 bits per heavy atom. The zero-order valence-corrected chi connectivity index (χ0v) is 16.5. The van der Waals surface area contributed by atoms with E-state index in [1.165, 1.54) is 18.6 Å². The lowest BCUT2D eigenvalue weighted by Gasteiger charge is -2.08. The lowest BCUT2D eigenvalue weighted by atomic mass is 10.3. The van der Waals surface area contributed by atoms with Crippen LogP contribution in [0.25, 0.3) is 0 Å². The van der Waals surface area contributed by atoms with Crippen molar-refractivity contribution >= 4 is 50.4 Å². The number of benzene rings is 1. The lowest BCUT2D eigenvalue weighted by molar-refractivity contribution is 0.102. The first kappa shape index (κ1) is 19.2. The molecule has 1 amide bonds. The SMILES string of the molecule is COc1ccc(NC(=O)c2sccc2S(=O)(=O)Nc2onc(C)c2Cl)cc1. The Labute approximate surface area is 164 Å². The Bertz CT molecular complexity index is 1070. The number of ether oxygens (including phenoxy) is 1. The molecule has 8 nitrogen and oxygen atoms in total. The van der Waals surface area contributed by atoms with Gasteiger partial charge in [-0.1, -0.05) is 16.8 Å². The summed E-state index contributed by atoms with van der Waals surface area (Å²) in [6.45, 7) is 1.57. The first-order chi connectivity index (χ1) is 12.8. The smallest absolute Gasteiger partial charge is 0.267 e. The molecule has 11 heteroatoms. The van der Waals surface area contributed by atoms with Gasteiger partial charge in [0.05, 0.1) is 7.11 Å². The lowest BCUT2D eigenvalue weighted by Crippen LogP contribution is -2.18. The normalized spacial score (nSPS) is 11.2. The number of aromatic nitrogens is 1. The molecule has 0 unspecified atom stereocenters. The Hall–Kier alpha value is -2.56. The Balaban J connectivity index is 1.83. The molecule has 0 atom stereocenters. The van der Waals surface area contributed by atoms with Crippen LogP contribution in [0, 0.1) is 6.92 Å². The molecule has 1 aromatic carbocycles. The number of anilines is 2. The van der Waals surface area contributed by atoms with Gasteiger partial charge in [0, 0.05) is 5.69 Å². The number of methoxy groups -OCH3 is 1. The second kappa shape index (κ2) is 7.59. The summed E-state index contributed by atoms with van der Waals surface area (Å²) in [6, 6.07) is 7.98. The van der Waals surface area contributed by atoms with E-state index in [1.54, 1.807) is 31.2 Å². The summed E-state index contributed by atoms with van der Waals surface area (Å²) in [5.74, 6) is -0.131. The van der Waals surface area contributed by atoms with Crippen LogP contribution in [0.15, 0.2) is 45.1 Å². The van der Waals surface area contributed by atoms with E-state index >= 15 is 0 Å². The van der Waals surface area contributed by atoms with Crippen LogP contribution in [0.1, 0.15) is 15.4 Å². The average Bonchev–Trinajstić information content (AvgIpc) is 3.26. The molecule has 0 aliphatic rings. The number of rotatable bonds is 6. The Kier molecular flexibility index (Phi) is 5.40. The molecule has 2 heterocycles. The fourth-order valence-electron chi connectivity index (χ4n) is 2.14. The van der Waals surface area contributed by atoms with E-state index in [2.05, 4.69) is 15.2 Å².